The Morgan fingerprint density at radius 2 is 1.71 bits per heavy atom. The quantitative estimate of drug-likeness (QED) is 0.519. The largest absolute Gasteiger partial charge is 0.493 e. The van der Waals surface area contributed by atoms with E-state index < -0.39 is 5.91 Å². The molecule has 0 atom stereocenters. The highest BCUT2D eigenvalue weighted by Gasteiger charge is 2.39. The van der Waals surface area contributed by atoms with E-state index >= 15 is 0 Å². The number of benzene rings is 2. The smallest absolute Gasteiger partial charge is 0.278 e. The van der Waals surface area contributed by atoms with E-state index in [1.165, 1.54) is 23.3 Å². The maximum atomic E-state index is 13.3. The van der Waals surface area contributed by atoms with Crippen LogP contribution in [0.4, 0.5) is 5.69 Å². The Hall–Kier alpha value is -3.29. The lowest BCUT2D eigenvalue weighted by molar-refractivity contribution is -0.137. The SMILES string of the molecule is COc1ccc(NC2=C(c3cccs3)C(=O)N(Cc3ccc(Cl)cc3)C2=O)cc1OC. The Bertz CT molecular complexity index is 1160. The van der Waals surface area contributed by atoms with Gasteiger partial charge in [-0.2, -0.15) is 0 Å². The predicted octanol–water partition coefficient (Wildman–Crippen LogP) is 4.81. The molecule has 2 amide bonds. The van der Waals surface area contributed by atoms with Gasteiger partial charge in [-0.15, -0.1) is 11.3 Å². The average molecular weight is 455 g/mol. The van der Waals surface area contributed by atoms with E-state index in [1.54, 1.807) is 49.6 Å². The van der Waals surface area contributed by atoms with Gasteiger partial charge >= 0.3 is 0 Å². The highest BCUT2D eigenvalue weighted by atomic mass is 35.5. The molecule has 158 valence electrons. The molecule has 3 aromatic rings. The second-order valence-electron chi connectivity index (χ2n) is 6.74. The van der Waals surface area contributed by atoms with Crippen LogP contribution in [0.1, 0.15) is 10.4 Å². The predicted molar refractivity (Wildman–Crippen MR) is 121 cm³/mol. The van der Waals surface area contributed by atoms with E-state index in [2.05, 4.69) is 5.32 Å². The molecule has 0 saturated carbocycles. The van der Waals surface area contributed by atoms with Crippen LogP contribution in [0.3, 0.4) is 0 Å². The summed E-state index contributed by atoms with van der Waals surface area (Å²) in [5, 5.41) is 5.59. The normalized spacial score (nSPS) is 13.7. The molecule has 0 spiro atoms. The summed E-state index contributed by atoms with van der Waals surface area (Å²) in [5.74, 6) is 0.350. The average Bonchev–Trinajstić information content (AvgIpc) is 3.38. The molecule has 0 aliphatic carbocycles. The number of amides is 2. The number of methoxy groups -OCH3 is 2. The van der Waals surface area contributed by atoms with Crippen molar-refractivity contribution >= 4 is 46.0 Å². The van der Waals surface area contributed by atoms with Crippen LogP contribution in [-0.2, 0) is 16.1 Å². The van der Waals surface area contributed by atoms with E-state index in [1.807, 2.05) is 17.5 Å². The molecule has 1 N–H and O–H groups in total. The Morgan fingerprint density at radius 3 is 2.35 bits per heavy atom. The number of carbonyl (C=O) groups is 2. The molecule has 31 heavy (non-hydrogen) atoms. The lowest BCUT2D eigenvalue weighted by Crippen LogP contribution is -2.31. The van der Waals surface area contributed by atoms with Crippen LogP contribution in [-0.4, -0.2) is 30.9 Å². The second kappa shape index (κ2) is 8.83. The molecule has 0 radical (unpaired) electrons. The molecule has 0 bridgehead atoms. The molecule has 0 fully saturated rings. The third-order valence-corrected chi connectivity index (χ3v) is 5.98. The van der Waals surface area contributed by atoms with Crippen LogP contribution in [0.25, 0.3) is 5.57 Å². The monoisotopic (exact) mass is 454 g/mol. The molecule has 6 nitrogen and oxygen atoms in total. The van der Waals surface area contributed by atoms with Crippen LogP contribution >= 0.6 is 22.9 Å². The van der Waals surface area contributed by atoms with E-state index in [0.717, 1.165) is 10.4 Å². The van der Waals surface area contributed by atoms with Gasteiger partial charge < -0.3 is 14.8 Å². The molecular formula is C23H19ClN2O4S. The second-order valence-corrected chi connectivity index (χ2v) is 8.13. The summed E-state index contributed by atoms with van der Waals surface area (Å²) in [6.07, 6.45) is 0. The van der Waals surface area contributed by atoms with Gasteiger partial charge in [0.1, 0.15) is 5.70 Å². The van der Waals surface area contributed by atoms with Crippen molar-refractivity contribution in [2.24, 2.45) is 0 Å². The summed E-state index contributed by atoms with van der Waals surface area (Å²) in [4.78, 5) is 28.5. The highest BCUT2D eigenvalue weighted by molar-refractivity contribution is 7.11. The van der Waals surface area contributed by atoms with Crippen LogP contribution in [0.15, 0.2) is 65.7 Å². The first kappa shape index (κ1) is 21.0. The van der Waals surface area contributed by atoms with Gasteiger partial charge in [-0.1, -0.05) is 29.8 Å². The maximum absolute atomic E-state index is 13.3. The molecule has 1 aliphatic heterocycles. The van der Waals surface area contributed by atoms with Crippen molar-refractivity contribution in [1.82, 2.24) is 4.90 Å². The Morgan fingerprint density at radius 1 is 0.968 bits per heavy atom. The van der Waals surface area contributed by atoms with Crippen molar-refractivity contribution in [3.8, 4) is 11.5 Å². The number of rotatable bonds is 7. The highest BCUT2D eigenvalue weighted by Crippen LogP contribution is 2.36. The molecule has 4 rings (SSSR count). The summed E-state index contributed by atoms with van der Waals surface area (Å²) >= 11 is 7.36. The maximum Gasteiger partial charge on any atom is 0.278 e. The van der Waals surface area contributed by atoms with Gasteiger partial charge in [0, 0.05) is 21.7 Å². The molecule has 0 unspecified atom stereocenters. The van der Waals surface area contributed by atoms with Gasteiger partial charge in [-0.3, -0.25) is 14.5 Å². The minimum absolute atomic E-state index is 0.154. The lowest BCUT2D eigenvalue weighted by Gasteiger charge is -2.16. The third kappa shape index (κ3) is 4.15. The molecule has 1 aliphatic rings. The number of nitrogens with one attached hydrogen (secondary N) is 1. The van der Waals surface area contributed by atoms with Gasteiger partial charge in [0.15, 0.2) is 11.5 Å². The number of hydrogen-bond donors (Lipinski definition) is 1. The first-order chi connectivity index (χ1) is 15.0. The molecule has 8 heteroatoms. The van der Waals surface area contributed by atoms with Gasteiger partial charge in [-0.25, -0.2) is 0 Å². The number of carbonyl (C=O) groups excluding carboxylic acids is 2. The summed E-state index contributed by atoms with van der Waals surface area (Å²) in [7, 11) is 3.09. The standard InChI is InChI=1S/C23H19ClN2O4S/c1-29-17-10-9-16(12-18(17)30-2)25-21-20(19-4-3-11-31-19)22(27)26(23(21)28)13-14-5-7-15(24)8-6-14/h3-12,25H,13H2,1-2H3. The van der Waals surface area contributed by atoms with Gasteiger partial charge in [0.25, 0.3) is 11.8 Å². The van der Waals surface area contributed by atoms with Crippen molar-refractivity contribution < 1.29 is 19.1 Å². The summed E-state index contributed by atoms with van der Waals surface area (Å²) in [6, 6.07) is 16.0. The fourth-order valence-electron chi connectivity index (χ4n) is 3.32. The van der Waals surface area contributed by atoms with Crippen molar-refractivity contribution in [2.45, 2.75) is 6.54 Å². The van der Waals surface area contributed by atoms with Crippen molar-refractivity contribution in [3.05, 3.63) is 81.1 Å². The number of nitrogens with zero attached hydrogens (tertiary/aromatic N) is 1. The van der Waals surface area contributed by atoms with Crippen molar-refractivity contribution in [2.75, 3.05) is 19.5 Å². The van der Waals surface area contributed by atoms with Gasteiger partial charge in [-0.05, 0) is 41.3 Å². The summed E-state index contributed by atoms with van der Waals surface area (Å²) in [6.45, 7) is 0.154. The Labute approximate surface area is 188 Å². The zero-order valence-electron chi connectivity index (χ0n) is 16.8. The van der Waals surface area contributed by atoms with E-state index in [9.17, 15) is 9.59 Å². The molecule has 1 aromatic heterocycles. The summed E-state index contributed by atoms with van der Waals surface area (Å²) < 4.78 is 10.6. The molecular weight excluding hydrogens is 436 g/mol. The van der Waals surface area contributed by atoms with Gasteiger partial charge in [0.05, 0.1) is 26.3 Å². The zero-order valence-corrected chi connectivity index (χ0v) is 18.4. The summed E-state index contributed by atoms with van der Waals surface area (Å²) in [5.41, 5.74) is 2.00. The van der Waals surface area contributed by atoms with Gasteiger partial charge in [0.2, 0.25) is 0 Å². The zero-order chi connectivity index (χ0) is 22.0. The first-order valence-corrected chi connectivity index (χ1v) is 10.7. The lowest BCUT2D eigenvalue weighted by atomic mass is 10.1. The number of halogens is 1. The number of imide groups is 1. The number of hydrogen-bond acceptors (Lipinski definition) is 6. The molecule has 2 heterocycles. The van der Waals surface area contributed by atoms with Crippen LogP contribution in [0.2, 0.25) is 5.02 Å². The minimum atomic E-state index is -0.391. The van der Waals surface area contributed by atoms with Crippen LogP contribution < -0.4 is 14.8 Å². The third-order valence-electron chi connectivity index (χ3n) is 4.84. The minimum Gasteiger partial charge on any atom is -0.493 e. The number of thiophene rings is 1. The molecule has 2 aromatic carbocycles. The Balaban J connectivity index is 1.69. The number of anilines is 1. The van der Waals surface area contributed by atoms with E-state index in [0.29, 0.717) is 27.8 Å². The van der Waals surface area contributed by atoms with Crippen molar-refractivity contribution in [1.29, 1.82) is 0 Å². The van der Waals surface area contributed by atoms with Crippen LogP contribution in [0, 0.1) is 0 Å². The van der Waals surface area contributed by atoms with Crippen LogP contribution in [0.5, 0.6) is 11.5 Å². The molecule has 0 saturated heterocycles. The first-order valence-electron chi connectivity index (χ1n) is 9.39. The fourth-order valence-corrected chi connectivity index (χ4v) is 4.21. The Kier molecular flexibility index (Phi) is 5.97. The topological polar surface area (TPSA) is 67.9 Å². The number of ether oxygens (including phenoxy) is 2. The van der Waals surface area contributed by atoms with Crippen molar-refractivity contribution in [3.63, 3.8) is 0 Å². The van der Waals surface area contributed by atoms with E-state index in [-0.39, 0.29) is 18.1 Å². The van der Waals surface area contributed by atoms with E-state index in [4.69, 9.17) is 21.1 Å². The fraction of sp³-hybridized carbons (Fsp3) is 0.130.